The highest BCUT2D eigenvalue weighted by molar-refractivity contribution is 6.30. The van der Waals surface area contributed by atoms with Crippen LogP contribution in [0.1, 0.15) is 23.8 Å². The molecule has 0 fully saturated rings. The number of hydrogen-bond acceptors (Lipinski definition) is 2. The van der Waals surface area contributed by atoms with Crippen molar-refractivity contribution in [1.29, 1.82) is 0 Å². The topological polar surface area (TPSA) is 42.0 Å². The fourth-order valence-corrected chi connectivity index (χ4v) is 1.21. The number of carbonyl (C=O) groups is 1. The van der Waals surface area contributed by atoms with E-state index in [2.05, 4.69) is 16.2 Å². The summed E-state index contributed by atoms with van der Waals surface area (Å²) in [6, 6.07) is 3.06. The minimum absolute atomic E-state index is 0.0664. The van der Waals surface area contributed by atoms with Gasteiger partial charge in [-0.15, -0.1) is 12.3 Å². The van der Waals surface area contributed by atoms with E-state index in [1.165, 1.54) is 12.3 Å². The van der Waals surface area contributed by atoms with Crippen molar-refractivity contribution in [3.63, 3.8) is 0 Å². The second-order valence-corrected chi connectivity index (χ2v) is 3.58. The van der Waals surface area contributed by atoms with Crippen molar-refractivity contribution in [1.82, 2.24) is 10.3 Å². The first-order valence-corrected chi connectivity index (χ1v) is 4.87. The van der Waals surface area contributed by atoms with Crippen LogP contribution in [-0.2, 0) is 0 Å². The van der Waals surface area contributed by atoms with Gasteiger partial charge in [-0.25, -0.2) is 0 Å². The molecule has 0 radical (unpaired) electrons. The molecule has 78 valence electrons. The maximum absolute atomic E-state index is 11.6. The Kier molecular flexibility index (Phi) is 4.14. The summed E-state index contributed by atoms with van der Waals surface area (Å²) in [5.41, 5.74) is 0.298. The van der Waals surface area contributed by atoms with Gasteiger partial charge in [-0.05, 0) is 19.1 Å². The van der Waals surface area contributed by atoms with Crippen LogP contribution in [-0.4, -0.2) is 16.9 Å². The quantitative estimate of drug-likeness (QED) is 0.794. The molecule has 0 bridgehead atoms. The van der Waals surface area contributed by atoms with E-state index in [0.717, 1.165) is 0 Å². The Hall–Kier alpha value is -1.53. The van der Waals surface area contributed by atoms with Gasteiger partial charge in [-0.1, -0.05) is 11.6 Å². The standard InChI is InChI=1S/C11H11ClN2O/c1-3-4-8(2)14-11(15)10-7-9(12)5-6-13-10/h1,5-8H,4H2,2H3,(H,14,15). The molecule has 1 unspecified atom stereocenters. The monoisotopic (exact) mass is 222 g/mol. The first-order chi connectivity index (χ1) is 7.13. The van der Waals surface area contributed by atoms with Crippen molar-refractivity contribution < 1.29 is 4.79 Å². The number of nitrogens with one attached hydrogen (secondary N) is 1. The van der Waals surface area contributed by atoms with E-state index in [9.17, 15) is 4.79 Å². The Morgan fingerprint density at radius 3 is 3.13 bits per heavy atom. The molecule has 4 heteroatoms. The summed E-state index contributed by atoms with van der Waals surface area (Å²) in [4.78, 5) is 15.5. The molecule has 1 aromatic heterocycles. The van der Waals surface area contributed by atoms with Gasteiger partial charge in [0.05, 0.1) is 0 Å². The summed E-state index contributed by atoms with van der Waals surface area (Å²) < 4.78 is 0. The SMILES string of the molecule is C#CCC(C)NC(=O)c1cc(Cl)ccn1. The van der Waals surface area contributed by atoms with Crippen LogP contribution in [0.2, 0.25) is 5.02 Å². The molecule has 0 spiro atoms. The maximum atomic E-state index is 11.6. The van der Waals surface area contributed by atoms with E-state index in [0.29, 0.717) is 17.1 Å². The molecule has 3 nitrogen and oxygen atoms in total. The van der Waals surface area contributed by atoms with Gasteiger partial charge in [-0.2, -0.15) is 0 Å². The number of hydrogen-bond donors (Lipinski definition) is 1. The third-order valence-corrected chi connectivity index (χ3v) is 1.99. The van der Waals surface area contributed by atoms with Crippen molar-refractivity contribution in [2.45, 2.75) is 19.4 Å². The lowest BCUT2D eigenvalue weighted by Gasteiger charge is -2.10. The Balaban J connectivity index is 2.66. The zero-order valence-corrected chi connectivity index (χ0v) is 9.08. The molecule has 1 aromatic rings. The number of nitrogens with zero attached hydrogens (tertiary/aromatic N) is 1. The molecular formula is C11H11ClN2O. The highest BCUT2D eigenvalue weighted by Gasteiger charge is 2.10. The van der Waals surface area contributed by atoms with E-state index in [-0.39, 0.29) is 11.9 Å². The van der Waals surface area contributed by atoms with Gasteiger partial charge in [0.2, 0.25) is 0 Å². The zero-order chi connectivity index (χ0) is 11.3. The molecule has 0 aliphatic heterocycles. The lowest BCUT2D eigenvalue weighted by molar-refractivity contribution is 0.0936. The van der Waals surface area contributed by atoms with E-state index < -0.39 is 0 Å². The molecular weight excluding hydrogens is 212 g/mol. The minimum Gasteiger partial charge on any atom is -0.347 e. The zero-order valence-electron chi connectivity index (χ0n) is 8.33. The summed E-state index contributed by atoms with van der Waals surface area (Å²) in [7, 11) is 0. The number of amides is 1. The number of halogens is 1. The molecule has 0 aliphatic carbocycles. The summed E-state index contributed by atoms with van der Waals surface area (Å²) >= 11 is 5.73. The van der Waals surface area contributed by atoms with E-state index in [1.807, 2.05) is 6.92 Å². The summed E-state index contributed by atoms with van der Waals surface area (Å²) in [6.45, 7) is 1.84. The van der Waals surface area contributed by atoms with Crippen molar-refractivity contribution >= 4 is 17.5 Å². The van der Waals surface area contributed by atoms with E-state index >= 15 is 0 Å². The fraction of sp³-hybridized carbons (Fsp3) is 0.273. The molecule has 0 aromatic carbocycles. The molecule has 0 saturated heterocycles. The fourth-order valence-electron chi connectivity index (χ4n) is 1.05. The van der Waals surface area contributed by atoms with Gasteiger partial charge in [-0.3, -0.25) is 9.78 Å². The van der Waals surface area contributed by atoms with E-state index in [1.54, 1.807) is 6.07 Å². The highest BCUT2D eigenvalue weighted by atomic mass is 35.5. The number of carbonyl (C=O) groups excluding carboxylic acids is 1. The molecule has 0 saturated carbocycles. The second-order valence-electron chi connectivity index (χ2n) is 3.14. The lowest BCUT2D eigenvalue weighted by Crippen LogP contribution is -2.32. The van der Waals surface area contributed by atoms with Gasteiger partial charge in [0, 0.05) is 23.7 Å². The Bertz CT molecular complexity index is 398. The molecule has 1 amide bonds. The highest BCUT2D eigenvalue weighted by Crippen LogP contribution is 2.08. The number of aromatic nitrogens is 1. The average Bonchev–Trinajstić information content (AvgIpc) is 2.18. The molecule has 15 heavy (non-hydrogen) atoms. The number of pyridine rings is 1. The largest absolute Gasteiger partial charge is 0.347 e. The van der Waals surface area contributed by atoms with Gasteiger partial charge < -0.3 is 5.32 Å². The normalized spacial score (nSPS) is 11.5. The number of rotatable bonds is 3. The Morgan fingerprint density at radius 1 is 1.80 bits per heavy atom. The minimum atomic E-state index is -0.264. The molecule has 0 aliphatic rings. The van der Waals surface area contributed by atoms with Gasteiger partial charge in [0.1, 0.15) is 5.69 Å². The summed E-state index contributed by atoms with van der Waals surface area (Å²) in [5.74, 6) is 2.21. The van der Waals surface area contributed by atoms with Crippen molar-refractivity contribution in [2.24, 2.45) is 0 Å². The second kappa shape index (κ2) is 5.38. The molecule has 1 rings (SSSR count). The van der Waals surface area contributed by atoms with Crippen LogP contribution in [0, 0.1) is 12.3 Å². The van der Waals surface area contributed by atoms with Crippen LogP contribution >= 0.6 is 11.6 Å². The average molecular weight is 223 g/mol. The predicted octanol–water partition coefficient (Wildman–Crippen LogP) is 1.88. The van der Waals surface area contributed by atoms with Crippen molar-refractivity contribution in [3.8, 4) is 12.3 Å². The van der Waals surface area contributed by atoms with Crippen molar-refractivity contribution in [2.75, 3.05) is 0 Å². The molecule has 1 N–H and O–H groups in total. The van der Waals surface area contributed by atoms with Gasteiger partial charge >= 0.3 is 0 Å². The molecule has 1 heterocycles. The van der Waals surface area contributed by atoms with Crippen LogP contribution < -0.4 is 5.32 Å². The van der Waals surface area contributed by atoms with Gasteiger partial charge in [0.25, 0.3) is 5.91 Å². The third kappa shape index (κ3) is 3.61. The first kappa shape index (κ1) is 11.5. The number of terminal acetylenes is 1. The maximum Gasteiger partial charge on any atom is 0.270 e. The van der Waals surface area contributed by atoms with Crippen LogP contribution in [0.25, 0.3) is 0 Å². The third-order valence-electron chi connectivity index (χ3n) is 1.76. The van der Waals surface area contributed by atoms with Crippen LogP contribution in [0.4, 0.5) is 0 Å². The van der Waals surface area contributed by atoms with Crippen LogP contribution in [0.3, 0.4) is 0 Å². The first-order valence-electron chi connectivity index (χ1n) is 4.49. The molecule has 1 atom stereocenters. The predicted molar refractivity (Wildman–Crippen MR) is 59.6 cm³/mol. The summed E-state index contributed by atoms with van der Waals surface area (Å²) in [5, 5.41) is 3.21. The van der Waals surface area contributed by atoms with Crippen LogP contribution in [0.15, 0.2) is 18.3 Å². The summed E-state index contributed by atoms with van der Waals surface area (Å²) in [6.07, 6.45) is 7.11. The smallest absolute Gasteiger partial charge is 0.270 e. The Labute approximate surface area is 93.9 Å². The van der Waals surface area contributed by atoms with Gasteiger partial charge in [0.15, 0.2) is 0 Å². The van der Waals surface area contributed by atoms with Crippen LogP contribution in [0.5, 0.6) is 0 Å². The lowest BCUT2D eigenvalue weighted by atomic mass is 10.2. The van der Waals surface area contributed by atoms with Crippen molar-refractivity contribution in [3.05, 3.63) is 29.0 Å². The Morgan fingerprint density at radius 2 is 2.53 bits per heavy atom. The van der Waals surface area contributed by atoms with E-state index in [4.69, 9.17) is 18.0 Å².